The molecule has 0 aromatic heterocycles. The van der Waals surface area contributed by atoms with Crippen LogP contribution in [0.1, 0.15) is 129 Å². The molecule has 10 heteroatoms. The van der Waals surface area contributed by atoms with E-state index < -0.39 is 32.5 Å². The van der Waals surface area contributed by atoms with Gasteiger partial charge in [0.05, 0.1) is 13.2 Å². The van der Waals surface area contributed by atoms with Crippen molar-refractivity contribution < 1.29 is 37.6 Å². The van der Waals surface area contributed by atoms with Crippen LogP contribution in [0.5, 0.6) is 0 Å². The third-order valence-electron chi connectivity index (χ3n) is 7.87. The Kier molecular flexibility index (Phi) is 37.0. The van der Waals surface area contributed by atoms with Gasteiger partial charge in [-0.2, -0.15) is 0 Å². The number of allylic oxidation sites excluding steroid dienone is 16. The van der Waals surface area contributed by atoms with Crippen LogP contribution in [0.3, 0.4) is 0 Å². The second-order valence-corrected chi connectivity index (χ2v) is 14.9. The number of rotatable bonds is 36. The third kappa shape index (κ3) is 40.4. The van der Waals surface area contributed by atoms with Crippen LogP contribution in [0.15, 0.2) is 97.2 Å². The van der Waals surface area contributed by atoms with E-state index in [2.05, 4.69) is 105 Å². The van der Waals surface area contributed by atoms with Crippen molar-refractivity contribution in [1.29, 1.82) is 0 Å². The SMILES string of the molecule is CC/C=C\C/C=C\C/C=C\C/C=C\C/C=C\CCCC(=O)OCC(COP(=O)(O)OCCN(C)C)OC(=O)CCCC/C=C\C/C=C\C/C=C\CCCCC. The zero-order valence-electron chi connectivity index (χ0n) is 34.6. The Hall–Kier alpha value is -3.07. The Labute approximate surface area is 334 Å². The van der Waals surface area contributed by atoms with Crippen LogP contribution in [0.2, 0.25) is 0 Å². The van der Waals surface area contributed by atoms with Gasteiger partial charge in [0.15, 0.2) is 6.10 Å². The summed E-state index contributed by atoms with van der Waals surface area (Å²) >= 11 is 0. The van der Waals surface area contributed by atoms with E-state index in [9.17, 15) is 19.0 Å². The molecule has 0 rings (SSSR count). The molecule has 0 bridgehead atoms. The molecule has 0 saturated heterocycles. The smallest absolute Gasteiger partial charge is 0.462 e. The van der Waals surface area contributed by atoms with Gasteiger partial charge in [-0.3, -0.25) is 18.6 Å². The summed E-state index contributed by atoms with van der Waals surface area (Å²) in [7, 11) is -0.770. The number of hydrogen-bond donors (Lipinski definition) is 1. The quantitative estimate of drug-likeness (QED) is 0.0287. The Bertz CT molecular complexity index is 1230. The van der Waals surface area contributed by atoms with Gasteiger partial charge in [0.2, 0.25) is 0 Å². The number of likely N-dealkylation sites (N-methyl/N-ethyl adjacent to an activating group) is 1. The number of carbonyl (C=O) groups excluding carboxylic acids is 2. The molecular formula is C45H74NO8P. The summed E-state index contributed by atoms with van der Waals surface area (Å²) in [6.45, 7) is 4.03. The van der Waals surface area contributed by atoms with E-state index in [-0.39, 0.29) is 26.1 Å². The molecule has 1 N–H and O–H groups in total. The Morgan fingerprint density at radius 3 is 1.53 bits per heavy atom. The van der Waals surface area contributed by atoms with Crippen molar-refractivity contribution in [3.63, 3.8) is 0 Å². The fourth-order valence-corrected chi connectivity index (χ4v) is 5.47. The topological polar surface area (TPSA) is 112 Å². The van der Waals surface area contributed by atoms with E-state index in [1.54, 1.807) is 4.90 Å². The number of unbranched alkanes of at least 4 members (excludes halogenated alkanes) is 6. The van der Waals surface area contributed by atoms with E-state index in [0.29, 0.717) is 19.4 Å². The van der Waals surface area contributed by atoms with E-state index in [0.717, 1.165) is 70.6 Å². The average Bonchev–Trinajstić information content (AvgIpc) is 3.15. The first kappa shape index (κ1) is 51.9. The molecule has 0 aliphatic carbocycles. The molecule has 0 fully saturated rings. The van der Waals surface area contributed by atoms with Crippen molar-refractivity contribution in [3.8, 4) is 0 Å². The van der Waals surface area contributed by atoms with Gasteiger partial charge in [0.25, 0.3) is 0 Å². The molecule has 312 valence electrons. The summed E-state index contributed by atoms with van der Waals surface area (Å²) in [5.41, 5.74) is 0. The number of ether oxygens (including phenoxy) is 2. The highest BCUT2D eigenvalue weighted by atomic mass is 31.2. The first-order valence-corrected chi connectivity index (χ1v) is 22.0. The lowest BCUT2D eigenvalue weighted by Gasteiger charge is -2.20. The number of nitrogens with zero attached hydrogens (tertiary/aromatic N) is 1. The van der Waals surface area contributed by atoms with Crippen LogP contribution >= 0.6 is 7.82 Å². The molecule has 0 spiro atoms. The first-order valence-electron chi connectivity index (χ1n) is 20.5. The average molecular weight is 788 g/mol. The minimum atomic E-state index is -4.39. The number of phosphoric ester groups is 1. The standard InChI is InChI=1S/C45H74NO8P/c1-5-7-9-11-13-15-17-19-21-22-24-25-27-29-31-33-35-37-44(47)51-41-43(42-53-55(49,50)52-40-39-46(3)4)54-45(48)38-36-34-32-30-28-26-23-20-18-16-14-12-10-8-6-2/h7,9,13-16,19-21,23-25,28-31,43H,5-6,8,10-12,17-18,22,26-27,32-42H2,1-4H3,(H,49,50)/b9-7-,15-13-,16-14-,21-19-,23-20-,25-24-,30-28-,31-29-. The molecule has 9 nitrogen and oxygen atoms in total. The minimum absolute atomic E-state index is 0.0145. The van der Waals surface area contributed by atoms with E-state index in [1.165, 1.54) is 19.3 Å². The summed E-state index contributed by atoms with van der Waals surface area (Å²) in [5, 5.41) is 0. The predicted molar refractivity (Wildman–Crippen MR) is 229 cm³/mol. The molecule has 2 unspecified atom stereocenters. The van der Waals surface area contributed by atoms with Crippen molar-refractivity contribution in [2.75, 3.05) is 40.5 Å². The van der Waals surface area contributed by atoms with Gasteiger partial charge in [0, 0.05) is 19.4 Å². The number of hydrogen-bond acceptors (Lipinski definition) is 8. The summed E-state index contributed by atoms with van der Waals surface area (Å²) in [5.74, 6) is -0.928. The molecule has 0 aliphatic rings. The van der Waals surface area contributed by atoms with E-state index in [1.807, 2.05) is 20.2 Å². The van der Waals surface area contributed by atoms with Gasteiger partial charge in [-0.15, -0.1) is 0 Å². The second kappa shape index (κ2) is 39.2. The van der Waals surface area contributed by atoms with Crippen LogP contribution < -0.4 is 0 Å². The number of phosphoric acid groups is 1. The molecule has 0 amide bonds. The van der Waals surface area contributed by atoms with Crippen LogP contribution in [-0.2, 0) is 32.7 Å². The zero-order chi connectivity index (χ0) is 40.5. The van der Waals surface area contributed by atoms with Gasteiger partial charge in [0.1, 0.15) is 6.61 Å². The summed E-state index contributed by atoms with van der Waals surface area (Å²) in [6, 6.07) is 0. The second-order valence-electron chi connectivity index (χ2n) is 13.4. The van der Waals surface area contributed by atoms with Crippen molar-refractivity contribution in [2.45, 2.75) is 136 Å². The van der Waals surface area contributed by atoms with Crippen molar-refractivity contribution in [2.24, 2.45) is 0 Å². The maximum Gasteiger partial charge on any atom is 0.472 e. The highest BCUT2D eigenvalue weighted by molar-refractivity contribution is 7.47. The van der Waals surface area contributed by atoms with Crippen LogP contribution in [0, 0.1) is 0 Å². The zero-order valence-corrected chi connectivity index (χ0v) is 35.5. The first-order chi connectivity index (χ1) is 26.7. The predicted octanol–water partition coefficient (Wildman–Crippen LogP) is 11.6. The molecule has 0 heterocycles. The Morgan fingerprint density at radius 1 is 0.582 bits per heavy atom. The Balaban J connectivity index is 4.52. The van der Waals surface area contributed by atoms with Gasteiger partial charge in [-0.05, 0) is 104 Å². The van der Waals surface area contributed by atoms with Gasteiger partial charge in [-0.1, -0.05) is 124 Å². The molecular weight excluding hydrogens is 713 g/mol. The lowest BCUT2D eigenvalue weighted by Crippen LogP contribution is -2.29. The van der Waals surface area contributed by atoms with E-state index in [4.69, 9.17) is 18.5 Å². The summed E-state index contributed by atoms with van der Waals surface area (Å²) in [6.07, 6.45) is 48.9. The fraction of sp³-hybridized carbons (Fsp3) is 0.600. The normalized spacial score (nSPS) is 14.4. The van der Waals surface area contributed by atoms with Crippen LogP contribution in [-0.4, -0.2) is 68.3 Å². The molecule has 0 aromatic rings. The van der Waals surface area contributed by atoms with Gasteiger partial charge >= 0.3 is 19.8 Å². The summed E-state index contributed by atoms with van der Waals surface area (Å²) in [4.78, 5) is 36.9. The molecule has 0 aliphatic heterocycles. The molecule has 0 saturated carbocycles. The highest BCUT2D eigenvalue weighted by Gasteiger charge is 2.26. The van der Waals surface area contributed by atoms with Gasteiger partial charge < -0.3 is 19.3 Å². The molecule has 0 aromatic carbocycles. The lowest BCUT2D eigenvalue weighted by atomic mass is 10.1. The fourth-order valence-electron chi connectivity index (χ4n) is 4.73. The molecule has 2 atom stereocenters. The molecule has 0 radical (unpaired) electrons. The van der Waals surface area contributed by atoms with E-state index >= 15 is 0 Å². The highest BCUT2D eigenvalue weighted by Crippen LogP contribution is 2.43. The van der Waals surface area contributed by atoms with Crippen LogP contribution in [0.25, 0.3) is 0 Å². The maximum absolute atomic E-state index is 12.6. The van der Waals surface area contributed by atoms with Crippen molar-refractivity contribution in [1.82, 2.24) is 4.90 Å². The lowest BCUT2D eigenvalue weighted by molar-refractivity contribution is -0.161. The van der Waals surface area contributed by atoms with Crippen LogP contribution in [0.4, 0.5) is 0 Å². The largest absolute Gasteiger partial charge is 0.472 e. The van der Waals surface area contributed by atoms with Gasteiger partial charge in [-0.25, -0.2) is 4.57 Å². The van der Waals surface area contributed by atoms with Crippen molar-refractivity contribution >= 4 is 19.8 Å². The monoisotopic (exact) mass is 788 g/mol. The Morgan fingerprint density at radius 2 is 1.04 bits per heavy atom. The van der Waals surface area contributed by atoms with Crippen molar-refractivity contribution in [3.05, 3.63) is 97.2 Å². The number of carbonyl (C=O) groups is 2. The number of esters is 2. The summed E-state index contributed by atoms with van der Waals surface area (Å²) < 4.78 is 33.3. The maximum atomic E-state index is 12.6. The minimum Gasteiger partial charge on any atom is -0.462 e. The molecule has 55 heavy (non-hydrogen) atoms. The third-order valence-corrected chi connectivity index (χ3v) is 8.86.